The maximum absolute atomic E-state index is 13.1. The van der Waals surface area contributed by atoms with Gasteiger partial charge in [-0.25, -0.2) is 14.6 Å². The van der Waals surface area contributed by atoms with Crippen LogP contribution in [0.25, 0.3) is 0 Å². The van der Waals surface area contributed by atoms with Crippen molar-refractivity contribution in [3.63, 3.8) is 0 Å². The molecule has 0 aromatic carbocycles. The van der Waals surface area contributed by atoms with E-state index in [9.17, 15) is 29.4 Å². The molecule has 36 heavy (non-hydrogen) atoms. The summed E-state index contributed by atoms with van der Waals surface area (Å²) < 4.78 is 3.63. The summed E-state index contributed by atoms with van der Waals surface area (Å²) in [7, 11) is 1.49. The lowest BCUT2D eigenvalue weighted by Gasteiger charge is -2.41. The molecule has 0 saturated carbocycles. The van der Waals surface area contributed by atoms with Crippen molar-refractivity contribution in [1.82, 2.24) is 15.2 Å². The number of anilines is 1. The van der Waals surface area contributed by atoms with Crippen LogP contribution in [-0.4, -0.2) is 103 Å². The molecule has 14 nitrogen and oxygen atoms in total. The van der Waals surface area contributed by atoms with Gasteiger partial charge in [0.2, 0.25) is 11.5 Å². The third-order valence-electron chi connectivity index (χ3n) is 5.21. The average Bonchev–Trinajstić information content (AvgIpc) is 3.39. The third-order valence-corrected chi connectivity index (χ3v) is 9.35. The molecule has 0 radical (unpaired) electrons. The Morgan fingerprint density at radius 3 is 2.69 bits per heavy atom. The first-order chi connectivity index (χ1) is 16.8. The fourth-order valence-corrected chi connectivity index (χ4v) is 6.77. The van der Waals surface area contributed by atoms with Crippen LogP contribution >= 0.6 is 34.9 Å². The molecule has 3 rings (SSSR count). The van der Waals surface area contributed by atoms with Crippen molar-refractivity contribution in [2.24, 2.45) is 10.9 Å². The van der Waals surface area contributed by atoms with E-state index < -0.39 is 50.9 Å². The van der Waals surface area contributed by atoms with Gasteiger partial charge in [0.15, 0.2) is 14.9 Å². The van der Waals surface area contributed by atoms with Crippen LogP contribution < -0.4 is 16.8 Å². The van der Waals surface area contributed by atoms with Gasteiger partial charge in [-0.1, -0.05) is 5.16 Å². The zero-order chi connectivity index (χ0) is 26.8. The molecule has 0 aliphatic carbocycles. The molecule has 2 saturated heterocycles. The number of carboxylic acids is 2. The summed E-state index contributed by atoms with van der Waals surface area (Å²) in [6, 6.07) is -1.43. The van der Waals surface area contributed by atoms with E-state index in [1.54, 1.807) is 0 Å². The maximum atomic E-state index is 13.1. The van der Waals surface area contributed by atoms with Crippen molar-refractivity contribution in [2.45, 2.75) is 41.0 Å². The number of amides is 2. The van der Waals surface area contributed by atoms with Crippen LogP contribution in [0.5, 0.6) is 0 Å². The quantitative estimate of drug-likeness (QED) is 0.120. The Balaban J connectivity index is 1.76. The van der Waals surface area contributed by atoms with Gasteiger partial charge >= 0.3 is 11.9 Å². The van der Waals surface area contributed by atoms with Gasteiger partial charge in [0.1, 0.15) is 17.1 Å². The second-order valence-electron chi connectivity index (χ2n) is 8.43. The maximum Gasteiger partial charge on any atom is 0.350 e. The SMILES string of the molecule is COCC(N)CS[C@]1(C(=O)O)CN2C(=O)[C@@H](NC(=O)/C(=N\OC(C)(C)C(=O)O)c3csc(N)n3)[C@H]2S1. The second kappa shape index (κ2) is 10.8. The summed E-state index contributed by atoms with van der Waals surface area (Å²) in [5.74, 6) is -3.46. The van der Waals surface area contributed by atoms with Crippen molar-refractivity contribution in [1.29, 1.82) is 0 Å². The molecule has 2 aliphatic rings. The van der Waals surface area contributed by atoms with E-state index in [4.69, 9.17) is 21.0 Å². The number of nitrogen functional groups attached to an aromatic ring is 1. The number of fused-ring (bicyclic) bond motifs is 1. The fraction of sp³-hybridized carbons (Fsp3) is 0.579. The molecule has 198 valence electrons. The summed E-state index contributed by atoms with van der Waals surface area (Å²) in [4.78, 5) is 59.8. The van der Waals surface area contributed by atoms with Gasteiger partial charge < -0.3 is 41.5 Å². The van der Waals surface area contributed by atoms with E-state index in [0.717, 1.165) is 34.9 Å². The monoisotopic (exact) mass is 562 g/mol. The van der Waals surface area contributed by atoms with Crippen LogP contribution in [-0.2, 0) is 28.8 Å². The Hall–Kier alpha value is -2.60. The summed E-state index contributed by atoms with van der Waals surface area (Å²) in [6.45, 7) is 2.68. The molecule has 3 heterocycles. The molecule has 2 aliphatic heterocycles. The van der Waals surface area contributed by atoms with Crippen molar-refractivity contribution in [3.05, 3.63) is 11.1 Å². The summed E-state index contributed by atoms with van der Waals surface area (Å²) >= 11 is 3.17. The summed E-state index contributed by atoms with van der Waals surface area (Å²) in [6.07, 6.45) is 0. The molecule has 0 bridgehead atoms. The molecular weight excluding hydrogens is 536 g/mol. The number of carbonyl (C=O) groups is 4. The molecule has 0 spiro atoms. The van der Waals surface area contributed by atoms with Gasteiger partial charge in [0, 0.05) is 24.3 Å². The first kappa shape index (κ1) is 28.0. The van der Waals surface area contributed by atoms with E-state index in [2.05, 4.69) is 15.5 Å². The molecule has 1 aromatic heterocycles. The number of hydrogen-bond acceptors (Lipinski definition) is 13. The Morgan fingerprint density at radius 2 is 2.14 bits per heavy atom. The molecule has 1 aromatic rings. The number of nitrogens with one attached hydrogen (secondary N) is 1. The fourth-order valence-electron chi connectivity index (χ4n) is 3.19. The molecule has 2 amide bonds. The van der Waals surface area contributed by atoms with Gasteiger partial charge in [-0.2, -0.15) is 0 Å². The highest BCUT2D eigenvalue weighted by atomic mass is 32.2. The standard InChI is InChI=1S/C19H26N6O8S3/c1-18(2,15(28)29)33-24-10(9-6-34-17(21)22-9)12(26)23-11-13(27)25-7-19(16(30)31,36-14(11)25)35-5-8(20)4-32-3/h6,8,11,14H,4-5,7,20H2,1-3H3,(H2,21,22)(H,23,26)(H,28,29)(H,30,31)/b24-10-/t8?,11-,14-,19-/m1/s1. The number of nitrogens with two attached hydrogens (primary N) is 2. The smallest absolute Gasteiger partial charge is 0.350 e. The highest BCUT2D eigenvalue weighted by molar-refractivity contribution is 8.20. The van der Waals surface area contributed by atoms with E-state index in [1.807, 2.05) is 0 Å². The first-order valence-electron chi connectivity index (χ1n) is 10.4. The molecular formula is C19H26N6O8S3. The van der Waals surface area contributed by atoms with Gasteiger partial charge in [-0.15, -0.1) is 34.9 Å². The van der Waals surface area contributed by atoms with Crippen LogP contribution in [0.4, 0.5) is 5.13 Å². The normalized spacial score (nSPS) is 24.6. The number of methoxy groups -OCH3 is 1. The van der Waals surface area contributed by atoms with Crippen molar-refractivity contribution in [2.75, 3.05) is 31.7 Å². The number of carbonyl (C=O) groups excluding carboxylic acids is 2. The number of β-lactam (4-membered cyclic amide) rings is 1. The Morgan fingerprint density at radius 1 is 1.44 bits per heavy atom. The molecule has 7 N–H and O–H groups in total. The zero-order valence-electron chi connectivity index (χ0n) is 19.5. The van der Waals surface area contributed by atoms with Gasteiger partial charge in [-0.05, 0) is 13.8 Å². The molecule has 2 fully saturated rings. The third kappa shape index (κ3) is 5.69. The topological polar surface area (TPSA) is 220 Å². The van der Waals surface area contributed by atoms with E-state index in [-0.39, 0.29) is 35.4 Å². The predicted molar refractivity (Wildman–Crippen MR) is 134 cm³/mol. The predicted octanol–water partition coefficient (Wildman–Crippen LogP) is -0.803. The highest BCUT2D eigenvalue weighted by Crippen LogP contribution is 2.52. The molecule has 1 unspecified atom stereocenters. The molecule has 4 atom stereocenters. The van der Waals surface area contributed by atoms with Crippen LogP contribution in [0, 0.1) is 0 Å². The lowest BCUT2D eigenvalue weighted by molar-refractivity contribution is -0.161. The van der Waals surface area contributed by atoms with Crippen molar-refractivity contribution >= 4 is 69.5 Å². The number of carboxylic acid groups (broad SMARTS) is 2. The van der Waals surface area contributed by atoms with Crippen LogP contribution in [0.2, 0.25) is 0 Å². The number of nitrogens with zero attached hydrogens (tertiary/aromatic N) is 3. The Kier molecular flexibility index (Phi) is 8.39. The number of rotatable bonds is 12. The minimum absolute atomic E-state index is 0.0291. The van der Waals surface area contributed by atoms with Gasteiger partial charge in [0.05, 0.1) is 13.2 Å². The second-order valence-corrected chi connectivity index (χ2v) is 12.3. The molecule has 17 heteroatoms. The Labute approximate surface area is 218 Å². The lowest BCUT2D eigenvalue weighted by Crippen LogP contribution is -2.68. The summed E-state index contributed by atoms with van der Waals surface area (Å²) in [5.41, 5.74) is 9.48. The van der Waals surface area contributed by atoms with Crippen molar-refractivity contribution < 1.29 is 39.0 Å². The zero-order valence-corrected chi connectivity index (χ0v) is 21.9. The van der Waals surface area contributed by atoms with Gasteiger partial charge in [-0.3, -0.25) is 9.59 Å². The number of aliphatic carboxylic acids is 2. The van der Waals surface area contributed by atoms with Gasteiger partial charge in [0.25, 0.3) is 5.91 Å². The average molecular weight is 563 g/mol. The minimum atomic E-state index is -1.75. The van der Waals surface area contributed by atoms with Crippen molar-refractivity contribution in [3.8, 4) is 0 Å². The number of ether oxygens (including phenoxy) is 1. The summed E-state index contributed by atoms with van der Waals surface area (Å²) in [5, 5.41) is 26.3. The number of oxime groups is 1. The highest BCUT2D eigenvalue weighted by Gasteiger charge is 2.62. The van der Waals surface area contributed by atoms with Crippen LogP contribution in [0.15, 0.2) is 10.5 Å². The van der Waals surface area contributed by atoms with Crippen LogP contribution in [0.3, 0.4) is 0 Å². The van der Waals surface area contributed by atoms with E-state index in [0.29, 0.717) is 0 Å². The van der Waals surface area contributed by atoms with E-state index >= 15 is 0 Å². The number of hydrogen-bond donors (Lipinski definition) is 5. The largest absolute Gasteiger partial charge is 0.480 e. The number of aromatic nitrogens is 1. The lowest BCUT2D eigenvalue weighted by atomic mass is 10.1. The number of thioether (sulfide) groups is 2. The van der Waals surface area contributed by atoms with E-state index in [1.165, 1.54) is 31.2 Å². The number of thiazole rings is 1. The first-order valence-corrected chi connectivity index (χ1v) is 13.2. The van der Waals surface area contributed by atoms with Crippen LogP contribution in [0.1, 0.15) is 19.5 Å². The Bertz CT molecular complexity index is 1080. The minimum Gasteiger partial charge on any atom is -0.480 e.